The van der Waals surface area contributed by atoms with Gasteiger partial charge in [0.1, 0.15) is 10.5 Å². The lowest BCUT2D eigenvalue weighted by molar-refractivity contribution is 0.0904. The zero-order valence-electron chi connectivity index (χ0n) is 16.3. The molecule has 150 valence electrons. The quantitative estimate of drug-likeness (QED) is 0.521. The molecule has 0 saturated carbocycles. The van der Waals surface area contributed by atoms with Crippen molar-refractivity contribution in [1.82, 2.24) is 28.7 Å². The first-order valence-corrected chi connectivity index (χ1v) is 10.4. The minimum atomic E-state index is 0.317. The third-order valence-electron chi connectivity index (χ3n) is 4.93. The van der Waals surface area contributed by atoms with Crippen molar-refractivity contribution in [3.8, 4) is 5.69 Å². The van der Waals surface area contributed by atoms with Crippen molar-refractivity contribution in [2.24, 2.45) is 7.05 Å². The molecule has 0 aromatic carbocycles. The van der Waals surface area contributed by atoms with Crippen LogP contribution in [-0.2, 0) is 11.8 Å². The van der Waals surface area contributed by atoms with Crippen molar-refractivity contribution in [2.75, 3.05) is 23.8 Å². The molecular weight excluding hydrogens is 388 g/mol. The summed E-state index contributed by atoms with van der Waals surface area (Å²) in [5.41, 5.74) is 3.75. The molecule has 0 aliphatic carbocycles. The zero-order valence-corrected chi connectivity index (χ0v) is 17.1. The predicted molar refractivity (Wildman–Crippen MR) is 113 cm³/mol. The summed E-state index contributed by atoms with van der Waals surface area (Å²) in [6.45, 7) is 3.50. The van der Waals surface area contributed by atoms with Crippen LogP contribution in [0.25, 0.3) is 16.7 Å². The molecule has 5 rings (SSSR count). The molecule has 0 atom stereocenters. The lowest BCUT2D eigenvalue weighted by atomic mass is 10.1. The van der Waals surface area contributed by atoms with Crippen LogP contribution >= 0.6 is 11.5 Å². The van der Waals surface area contributed by atoms with Crippen molar-refractivity contribution in [2.45, 2.75) is 25.8 Å². The largest absolute Gasteiger partial charge is 0.381 e. The van der Waals surface area contributed by atoms with Gasteiger partial charge in [0, 0.05) is 38.7 Å². The molecule has 2 N–H and O–H groups in total. The third kappa shape index (κ3) is 3.68. The molecule has 0 unspecified atom stereocenters. The average molecular weight is 411 g/mol. The Balaban J connectivity index is 1.58. The van der Waals surface area contributed by atoms with Gasteiger partial charge in [0.2, 0.25) is 5.95 Å². The summed E-state index contributed by atoms with van der Waals surface area (Å²) in [6.07, 6.45) is 7.73. The Bertz CT molecular complexity index is 1140. The first kappa shape index (κ1) is 18.1. The molecule has 1 aliphatic heterocycles. The number of nitrogens with zero attached hydrogens (tertiary/aromatic N) is 6. The van der Waals surface area contributed by atoms with Crippen molar-refractivity contribution in [3.63, 3.8) is 0 Å². The summed E-state index contributed by atoms with van der Waals surface area (Å²) >= 11 is 1.40. The Hall–Kier alpha value is -2.98. The van der Waals surface area contributed by atoms with Crippen molar-refractivity contribution < 1.29 is 4.74 Å². The van der Waals surface area contributed by atoms with E-state index in [4.69, 9.17) is 14.7 Å². The molecule has 10 heteroatoms. The molecule has 29 heavy (non-hydrogen) atoms. The highest BCUT2D eigenvalue weighted by molar-refractivity contribution is 7.10. The Morgan fingerprint density at radius 1 is 1.24 bits per heavy atom. The standard InChI is InChI=1S/C19H22N8OS/c1-12-9-16(29-25-12)23-19-22-15-3-6-27(14-10-20-26(2)11-14)17(15)18(24-19)21-13-4-7-28-8-5-13/h3,6,9-11,13H,4-5,7-8H2,1-2H3,(H2,21,22,23,24). The van der Waals surface area contributed by atoms with Gasteiger partial charge in [-0.05, 0) is 43.4 Å². The summed E-state index contributed by atoms with van der Waals surface area (Å²) in [7, 11) is 1.91. The number of aromatic nitrogens is 6. The van der Waals surface area contributed by atoms with Gasteiger partial charge in [-0.15, -0.1) is 0 Å². The summed E-state index contributed by atoms with van der Waals surface area (Å²) in [5, 5.41) is 12.1. The van der Waals surface area contributed by atoms with Crippen LogP contribution in [-0.4, -0.2) is 47.9 Å². The second kappa shape index (κ2) is 7.45. The zero-order chi connectivity index (χ0) is 19.8. The molecule has 0 amide bonds. The highest BCUT2D eigenvalue weighted by atomic mass is 32.1. The molecule has 4 aromatic heterocycles. The number of rotatable bonds is 5. The van der Waals surface area contributed by atoms with E-state index in [-0.39, 0.29) is 0 Å². The van der Waals surface area contributed by atoms with Crippen molar-refractivity contribution >= 4 is 39.3 Å². The van der Waals surface area contributed by atoms with Gasteiger partial charge in [-0.25, -0.2) is 4.98 Å². The SMILES string of the molecule is Cc1cc(Nc2nc(NC3CCOCC3)c3c(ccn3-c3cnn(C)c3)n2)sn1. The third-order valence-corrected chi connectivity index (χ3v) is 5.72. The van der Waals surface area contributed by atoms with Gasteiger partial charge in [-0.2, -0.15) is 14.5 Å². The fourth-order valence-corrected chi connectivity index (χ4v) is 4.17. The van der Waals surface area contributed by atoms with Gasteiger partial charge in [-0.1, -0.05) is 0 Å². The number of ether oxygens (including phenoxy) is 1. The first-order chi connectivity index (χ1) is 14.2. The number of fused-ring (bicyclic) bond motifs is 1. The van der Waals surface area contributed by atoms with Crippen LogP contribution in [0, 0.1) is 6.92 Å². The number of nitrogens with one attached hydrogen (secondary N) is 2. The molecule has 4 aromatic rings. The topological polar surface area (TPSA) is 94.7 Å². The van der Waals surface area contributed by atoms with Gasteiger partial charge in [0.25, 0.3) is 0 Å². The molecule has 1 saturated heterocycles. The summed E-state index contributed by atoms with van der Waals surface area (Å²) in [4.78, 5) is 9.55. The van der Waals surface area contributed by atoms with E-state index in [0.717, 1.165) is 59.3 Å². The van der Waals surface area contributed by atoms with Gasteiger partial charge >= 0.3 is 0 Å². The minimum absolute atomic E-state index is 0.317. The lowest BCUT2D eigenvalue weighted by Crippen LogP contribution is -2.28. The molecular formula is C19H22N8OS. The minimum Gasteiger partial charge on any atom is -0.381 e. The van der Waals surface area contributed by atoms with E-state index >= 15 is 0 Å². The van der Waals surface area contributed by atoms with Gasteiger partial charge < -0.3 is 19.9 Å². The van der Waals surface area contributed by atoms with Crippen LogP contribution < -0.4 is 10.6 Å². The second-order valence-corrected chi connectivity index (χ2v) is 7.98. The summed E-state index contributed by atoms with van der Waals surface area (Å²) < 4.78 is 13.7. The van der Waals surface area contributed by atoms with Crippen LogP contribution in [0.3, 0.4) is 0 Å². The molecule has 0 bridgehead atoms. The highest BCUT2D eigenvalue weighted by Gasteiger charge is 2.19. The van der Waals surface area contributed by atoms with E-state index in [1.54, 1.807) is 4.68 Å². The van der Waals surface area contributed by atoms with Crippen molar-refractivity contribution in [3.05, 3.63) is 36.4 Å². The molecule has 1 aliphatic rings. The molecule has 9 nitrogen and oxygen atoms in total. The van der Waals surface area contributed by atoms with E-state index in [2.05, 4.69) is 24.7 Å². The Kier molecular flexibility index (Phi) is 4.64. The van der Waals surface area contributed by atoms with Crippen molar-refractivity contribution in [1.29, 1.82) is 0 Å². The van der Waals surface area contributed by atoms with E-state index in [1.165, 1.54) is 11.5 Å². The molecule has 0 spiro atoms. The lowest BCUT2D eigenvalue weighted by Gasteiger charge is -2.24. The van der Waals surface area contributed by atoms with Crippen LogP contribution in [0.4, 0.5) is 16.8 Å². The van der Waals surface area contributed by atoms with E-state index in [9.17, 15) is 0 Å². The normalized spacial score (nSPS) is 15.1. The van der Waals surface area contributed by atoms with Crippen LogP contribution in [0.1, 0.15) is 18.5 Å². The van der Waals surface area contributed by atoms with E-state index in [0.29, 0.717) is 12.0 Å². The Morgan fingerprint density at radius 3 is 2.83 bits per heavy atom. The van der Waals surface area contributed by atoms with Crippen LogP contribution in [0.2, 0.25) is 0 Å². The molecule has 5 heterocycles. The number of anilines is 3. The molecule has 1 fully saturated rings. The van der Waals surface area contributed by atoms with E-state index < -0.39 is 0 Å². The van der Waals surface area contributed by atoms with Gasteiger partial charge in [0.15, 0.2) is 5.82 Å². The monoisotopic (exact) mass is 410 g/mol. The maximum absolute atomic E-state index is 5.50. The highest BCUT2D eigenvalue weighted by Crippen LogP contribution is 2.29. The predicted octanol–water partition coefficient (Wildman–Crippen LogP) is 3.25. The van der Waals surface area contributed by atoms with E-state index in [1.807, 2.05) is 44.7 Å². The Labute approximate surface area is 171 Å². The second-order valence-electron chi connectivity index (χ2n) is 7.18. The summed E-state index contributed by atoms with van der Waals surface area (Å²) in [5.74, 6) is 1.36. The average Bonchev–Trinajstić information content (AvgIpc) is 3.43. The molecule has 0 radical (unpaired) electrons. The number of hydrogen-bond acceptors (Lipinski definition) is 8. The number of aryl methyl sites for hydroxylation is 2. The van der Waals surface area contributed by atoms with Crippen LogP contribution in [0.5, 0.6) is 0 Å². The van der Waals surface area contributed by atoms with Gasteiger partial charge in [0.05, 0.1) is 23.1 Å². The Morgan fingerprint density at radius 2 is 2.10 bits per heavy atom. The smallest absolute Gasteiger partial charge is 0.230 e. The van der Waals surface area contributed by atoms with Gasteiger partial charge in [-0.3, -0.25) is 4.68 Å². The van der Waals surface area contributed by atoms with Crippen LogP contribution in [0.15, 0.2) is 30.7 Å². The fourth-order valence-electron chi connectivity index (χ4n) is 3.52. The fraction of sp³-hybridized carbons (Fsp3) is 0.368. The maximum Gasteiger partial charge on any atom is 0.230 e. The number of hydrogen-bond donors (Lipinski definition) is 2. The maximum atomic E-state index is 5.50. The first-order valence-electron chi connectivity index (χ1n) is 9.58. The summed E-state index contributed by atoms with van der Waals surface area (Å²) in [6, 6.07) is 4.31.